The smallest absolute Gasteiger partial charge is 0.0595 e. The Morgan fingerprint density at radius 3 is 2.60 bits per heavy atom. The van der Waals surface area contributed by atoms with Crippen LogP contribution in [0.2, 0.25) is 0 Å². The number of nitrogens with zero attached hydrogens (tertiary/aromatic N) is 1. The van der Waals surface area contributed by atoms with E-state index >= 15 is 0 Å². The van der Waals surface area contributed by atoms with Crippen molar-refractivity contribution in [3.05, 3.63) is 0 Å². The van der Waals surface area contributed by atoms with Crippen molar-refractivity contribution >= 4 is 0 Å². The highest BCUT2D eigenvalue weighted by Crippen LogP contribution is 2.40. The molecule has 20 heavy (non-hydrogen) atoms. The molecular weight excluding hydrogens is 248 g/mol. The number of methoxy groups -OCH3 is 1. The van der Waals surface area contributed by atoms with Crippen molar-refractivity contribution in [2.45, 2.75) is 58.5 Å². The van der Waals surface area contributed by atoms with Crippen LogP contribution in [-0.2, 0) is 4.74 Å². The van der Waals surface area contributed by atoms with Gasteiger partial charge in [0.2, 0.25) is 0 Å². The van der Waals surface area contributed by atoms with Gasteiger partial charge in [-0.3, -0.25) is 0 Å². The predicted octanol–water partition coefficient (Wildman–Crippen LogP) is 2.90. The molecule has 1 saturated heterocycles. The summed E-state index contributed by atoms with van der Waals surface area (Å²) in [5, 5.41) is 3.64. The average molecular weight is 282 g/mol. The molecule has 118 valence electrons. The summed E-state index contributed by atoms with van der Waals surface area (Å²) in [6.45, 7) is 10.7. The van der Waals surface area contributed by atoms with Crippen LogP contribution in [0.25, 0.3) is 0 Å². The first-order valence-corrected chi connectivity index (χ1v) is 8.63. The van der Waals surface area contributed by atoms with Gasteiger partial charge in [-0.25, -0.2) is 0 Å². The zero-order chi connectivity index (χ0) is 14.4. The van der Waals surface area contributed by atoms with Crippen LogP contribution < -0.4 is 5.32 Å². The maximum atomic E-state index is 5.50. The third-order valence-corrected chi connectivity index (χ3v) is 5.36. The molecule has 1 N–H and O–H groups in total. The number of ether oxygens (including phenoxy) is 1. The lowest BCUT2D eigenvalue weighted by molar-refractivity contribution is 0.0139. The number of nitrogens with one attached hydrogen (secondary N) is 1. The van der Waals surface area contributed by atoms with E-state index in [9.17, 15) is 0 Å². The molecule has 2 atom stereocenters. The van der Waals surface area contributed by atoms with Gasteiger partial charge in [-0.1, -0.05) is 26.7 Å². The molecule has 3 nitrogen and oxygen atoms in total. The number of rotatable bonds is 6. The van der Waals surface area contributed by atoms with Gasteiger partial charge in [-0.2, -0.15) is 0 Å². The molecule has 0 spiro atoms. The Labute approximate surface area is 125 Å². The molecule has 0 radical (unpaired) electrons. The average Bonchev–Trinajstić information content (AvgIpc) is 2.46. The minimum atomic E-state index is 0.501. The van der Waals surface area contributed by atoms with Crippen LogP contribution in [0.1, 0.15) is 52.4 Å². The molecule has 0 aromatic rings. The van der Waals surface area contributed by atoms with Gasteiger partial charge in [-0.05, 0) is 43.6 Å². The highest BCUT2D eigenvalue weighted by atomic mass is 16.5. The molecule has 0 aromatic carbocycles. The summed E-state index contributed by atoms with van der Waals surface area (Å²) in [4.78, 5) is 2.70. The van der Waals surface area contributed by atoms with E-state index in [1.807, 2.05) is 7.11 Å². The van der Waals surface area contributed by atoms with Gasteiger partial charge in [0.05, 0.1) is 6.10 Å². The molecule has 1 heterocycles. The molecule has 2 fully saturated rings. The van der Waals surface area contributed by atoms with Crippen LogP contribution >= 0.6 is 0 Å². The van der Waals surface area contributed by atoms with Crippen molar-refractivity contribution in [1.82, 2.24) is 10.2 Å². The Morgan fingerprint density at radius 1 is 1.25 bits per heavy atom. The number of piperidine rings is 1. The van der Waals surface area contributed by atoms with Crippen molar-refractivity contribution in [1.29, 1.82) is 0 Å². The second kappa shape index (κ2) is 7.77. The predicted molar refractivity (Wildman–Crippen MR) is 85.1 cm³/mol. The van der Waals surface area contributed by atoms with Crippen molar-refractivity contribution in [2.24, 2.45) is 11.3 Å². The van der Waals surface area contributed by atoms with Gasteiger partial charge < -0.3 is 15.0 Å². The quantitative estimate of drug-likeness (QED) is 0.811. The van der Waals surface area contributed by atoms with Gasteiger partial charge in [0.15, 0.2) is 0 Å². The van der Waals surface area contributed by atoms with E-state index in [0.29, 0.717) is 11.5 Å². The maximum absolute atomic E-state index is 5.50. The molecule has 2 rings (SSSR count). The Balaban J connectivity index is 1.90. The molecule has 1 saturated carbocycles. The molecule has 2 aliphatic rings. The third kappa shape index (κ3) is 4.44. The van der Waals surface area contributed by atoms with E-state index in [0.717, 1.165) is 12.5 Å². The van der Waals surface area contributed by atoms with Crippen molar-refractivity contribution < 1.29 is 4.74 Å². The minimum absolute atomic E-state index is 0.501. The molecule has 2 unspecified atom stereocenters. The number of likely N-dealkylation sites (tertiary alicyclic amines) is 1. The standard InChI is InChI=1S/C17H34N2O/c1-4-18-13-17(9-5-6-15(2)12-17)14-19-10-7-16(20-3)8-11-19/h15-16,18H,4-14H2,1-3H3. The van der Waals surface area contributed by atoms with E-state index < -0.39 is 0 Å². The summed E-state index contributed by atoms with van der Waals surface area (Å²) in [5.74, 6) is 0.902. The van der Waals surface area contributed by atoms with Gasteiger partial charge in [-0.15, -0.1) is 0 Å². The molecule has 0 amide bonds. The van der Waals surface area contributed by atoms with E-state index in [1.165, 1.54) is 64.7 Å². The van der Waals surface area contributed by atoms with Gasteiger partial charge in [0, 0.05) is 33.3 Å². The minimum Gasteiger partial charge on any atom is -0.381 e. The van der Waals surface area contributed by atoms with Gasteiger partial charge in [0.25, 0.3) is 0 Å². The highest BCUT2D eigenvalue weighted by molar-refractivity contribution is 4.91. The second-order valence-electron chi connectivity index (χ2n) is 7.19. The largest absolute Gasteiger partial charge is 0.381 e. The van der Waals surface area contributed by atoms with E-state index in [-0.39, 0.29) is 0 Å². The van der Waals surface area contributed by atoms with E-state index in [4.69, 9.17) is 4.74 Å². The van der Waals surface area contributed by atoms with Crippen molar-refractivity contribution in [3.63, 3.8) is 0 Å². The monoisotopic (exact) mass is 282 g/mol. The second-order valence-corrected chi connectivity index (χ2v) is 7.19. The Kier molecular flexibility index (Phi) is 6.31. The molecule has 1 aliphatic carbocycles. The fourth-order valence-electron chi connectivity index (χ4n) is 4.30. The fraction of sp³-hybridized carbons (Fsp3) is 1.00. The van der Waals surface area contributed by atoms with Gasteiger partial charge >= 0.3 is 0 Å². The zero-order valence-corrected chi connectivity index (χ0v) is 13.8. The molecular formula is C17H34N2O. The van der Waals surface area contributed by atoms with Crippen LogP contribution in [0.5, 0.6) is 0 Å². The number of hydrogen-bond acceptors (Lipinski definition) is 3. The van der Waals surface area contributed by atoms with Crippen LogP contribution in [0.15, 0.2) is 0 Å². The lowest BCUT2D eigenvalue weighted by Gasteiger charge is -2.45. The maximum Gasteiger partial charge on any atom is 0.0595 e. The van der Waals surface area contributed by atoms with Crippen LogP contribution in [0, 0.1) is 11.3 Å². The van der Waals surface area contributed by atoms with E-state index in [2.05, 4.69) is 24.1 Å². The number of hydrogen-bond donors (Lipinski definition) is 1. The zero-order valence-electron chi connectivity index (χ0n) is 13.8. The fourth-order valence-corrected chi connectivity index (χ4v) is 4.30. The molecule has 0 aromatic heterocycles. The summed E-state index contributed by atoms with van der Waals surface area (Å²) in [6, 6.07) is 0. The van der Waals surface area contributed by atoms with Crippen LogP contribution in [0.3, 0.4) is 0 Å². The Morgan fingerprint density at radius 2 is 2.00 bits per heavy atom. The molecule has 3 heteroatoms. The Bertz CT molecular complexity index is 276. The first-order valence-electron chi connectivity index (χ1n) is 8.63. The first kappa shape index (κ1) is 16.3. The highest BCUT2D eigenvalue weighted by Gasteiger charge is 2.36. The topological polar surface area (TPSA) is 24.5 Å². The summed E-state index contributed by atoms with van der Waals surface area (Å²) in [7, 11) is 1.86. The van der Waals surface area contributed by atoms with Crippen molar-refractivity contribution in [2.75, 3.05) is 39.8 Å². The summed E-state index contributed by atoms with van der Waals surface area (Å²) in [6.07, 6.45) is 8.59. The normalized spacial score (nSPS) is 33.5. The van der Waals surface area contributed by atoms with Gasteiger partial charge in [0.1, 0.15) is 0 Å². The summed E-state index contributed by atoms with van der Waals surface area (Å²) >= 11 is 0. The van der Waals surface area contributed by atoms with Crippen LogP contribution in [0.4, 0.5) is 0 Å². The Hall–Kier alpha value is -0.120. The first-order chi connectivity index (χ1) is 9.67. The third-order valence-electron chi connectivity index (χ3n) is 5.36. The summed E-state index contributed by atoms with van der Waals surface area (Å²) in [5.41, 5.74) is 0.521. The van der Waals surface area contributed by atoms with Crippen LogP contribution in [-0.4, -0.2) is 50.8 Å². The van der Waals surface area contributed by atoms with E-state index in [1.54, 1.807) is 0 Å². The summed E-state index contributed by atoms with van der Waals surface area (Å²) < 4.78 is 5.50. The lowest BCUT2D eigenvalue weighted by Crippen LogP contribution is -2.49. The molecule has 1 aliphatic heterocycles. The van der Waals surface area contributed by atoms with Crippen molar-refractivity contribution in [3.8, 4) is 0 Å². The SMILES string of the molecule is CCNCC1(CN2CCC(OC)CC2)CCCC(C)C1. The lowest BCUT2D eigenvalue weighted by atomic mass is 9.69. The molecule has 0 bridgehead atoms.